The molecule has 0 aliphatic carbocycles. The van der Waals surface area contributed by atoms with Crippen molar-refractivity contribution in [2.75, 3.05) is 26.2 Å². The number of amides is 1. The monoisotopic (exact) mass is 377 g/mol. The van der Waals surface area contributed by atoms with Gasteiger partial charge in [0.25, 0.3) is 5.91 Å². The molecule has 0 saturated carbocycles. The Hall–Kier alpha value is -1.01. The summed E-state index contributed by atoms with van der Waals surface area (Å²) in [4.78, 5) is 14.1. The molecule has 1 aliphatic rings. The molecule has 1 saturated heterocycles. The number of rotatable bonds is 5. The van der Waals surface area contributed by atoms with E-state index in [1.54, 1.807) is 0 Å². The number of carbonyl (C=O) groups excluding carboxylic acids is 1. The molecule has 1 aliphatic heterocycles. The molecule has 1 heterocycles. The standard InChI is InChI=1S/C15H18Cl3N3O2/c1-2-21-5-3-10(4-6-21)19-20-15(22)9-23-14-8-12(17)11(16)7-13(14)18/h7-8H,2-6,9H2,1H3,(H,20,22). The molecule has 1 aromatic rings. The van der Waals surface area contributed by atoms with Crippen LogP contribution in [0, 0.1) is 0 Å². The number of nitrogens with one attached hydrogen (secondary N) is 1. The van der Waals surface area contributed by atoms with Gasteiger partial charge in [-0.25, -0.2) is 5.43 Å². The summed E-state index contributed by atoms with van der Waals surface area (Å²) in [5.41, 5.74) is 3.50. The molecule has 0 unspecified atom stereocenters. The first-order chi connectivity index (χ1) is 11.0. The summed E-state index contributed by atoms with van der Waals surface area (Å²) in [5.74, 6) is -0.0438. The van der Waals surface area contributed by atoms with Crippen LogP contribution < -0.4 is 10.2 Å². The number of benzene rings is 1. The third kappa shape index (κ3) is 5.53. The molecule has 0 radical (unpaired) electrons. The van der Waals surface area contributed by atoms with Crippen molar-refractivity contribution in [3.8, 4) is 5.75 Å². The van der Waals surface area contributed by atoms with Gasteiger partial charge in [-0.2, -0.15) is 5.10 Å². The van der Waals surface area contributed by atoms with Gasteiger partial charge in [-0.05, 0) is 12.6 Å². The first-order valence-electron chi connectivity index (χ1n) is 7.33. The molecule has 8 heteroatoms. The molecule has 0 aromatic heterocycles. The molecular weight excluding hydrogens is 361 g/mol. The summed E-state index contributed by atoms with van der Waals surface area (Å²) in [6.45, 7) is 4.92. The van der Waals surface area contributed by atoms with Crippen molar-refractivity contribution in [2.45, 2.75) is 19.8 Å². The maximum absolute atomic E-state index is 11.8. The minimum Gasteiger partial charge on any atom is -0.482 e. The van der Waals surface area contributed by atoms with Gasteiger partial charge in [0.1, 0.15) is 5.75 Å². The second-order valence-electron chi connectivity index (χ2n) is 5.13. The summed E-state index contributed by atoms with van der Waals surface area (Å²) in [6, 6.07) is 2.95. The molecule has 0 bridgehead atoms. The van der Waals surface area contributed by atoms with Crippen molar-refractivity contribution in [1.82, 2.24) is 10.3 Å². The number of halogens is 3. The van der Waals surface area contributed by atoms with Crippen molar-refractivity contribution >= 4 is 46.4 Å². The number of ether oxygens (including phenoxy) is 1. The smallest absolute Gasteiger partial charge is 0.277 e. The highest BCUT2D eigenvalue weighted by atomic mass is 35.5. The minimum atomic E-state index is -0.349. The Bertz CT molecular complexity index is 598. The second-order valence-corrected chi connectivity index (χ2v) is 6.35. The van der Waals surface area contributed by atoms with Crippen LogP contribution >= 0.6 is 34.8 Å². The highest BCUT2D eigenvalue weighted by molar-refractivity contribution is 6.43. The topological polar surface area (TPSA) is 53.9 Å². The maximum Gasteiger partial charge on any atom is 0.277 e. The zero-order valence-electron chi connectivity index (χ0n) is 12.7. The number of hydrazone groups is 1. The average Bonchev–Trinajstić information content (AvgIpc) is 2.55. The molecule has 2 rings (SSSR count). The van der Waals surface area contributed by atoms with Crippen LogP contribution in [0.3, 0.4) is 0 Å². The van der Waals surface area contributed by atoms with Crippen LogP contribution in [0.5, 0.6) is 5.75 Å². The van der Waals surface area contributed by atoms with E-state index < -0.39 is 0 Å². The van der Waals surface area contributed by atoms with Crippen molar-refractivity contribution in [3.05, 3.63) is 27.2 Å². The number of carbonyl (C=O) groups is 1. The lowest BCUT2D eigenvalue weighted by Gasteiger charge is -2.25. The Balaban J connectivity index is 1.81. The van der Waals surface area contributed by atoms with Crippen LogP contribution in [-0.4, -0.2) is 42.8 Å². The quantitative estimate of drug-likeness (QED) is 0.629. The number of hydrogen-bond donors (Lipinski definition) is 1. The fraction of sp³-hybridized carbons (Fsp3) is 0.467. The molecule has 0 spiro atoms. The van der Waals surface area contributed by atoms with Crippen LogP contribution in [0.2, 0.25) is 15.1 Å². The Kier molecular flexibility index (Phi) is 6.96. The highest BCUT2D eigenvalue weighted by Gasteiger charge is 2.14. The van der Waals surface area contributed by atoms with E-state index in [2.05, 4.69) is 22.4 Å². The second kappa shape index (κ2) is 8.73. The largest absolute Gasteiger partial charge is 0.482 e. The third-order valence-electron chi connectivity index (χ3n) is 3.55. The van der Waals surface area contributed by atoms with Crippen LogP contribution in [0.4, 0.5) is 0 Å². The zero-order chi connectivity index (χ0) is 16.8. The van der Waals surface area contributed by atoms with E-state index in [1.807, 2.05) is 0 Å². The lowest BCUT2D eigenvalue weighted by molar-refractivity contribution is -0.123. The Morgan fingerprint density at radius 2 is 1.87 bits per heavy atom. The number of piperidine rings is 1. The van der Waals surface area contributed by atoms with E-state index in [0.717, 1.165) is 38.2 Å². The molecule has 1 fully saturated rings. The van der Waals surface area contributed by atoms with Crippen LogP contribution in [0.15, 0.2) is 17.2 Å². The molecule has 1 N–H and O–H groups in total. The Morgan fingerprint density at radius 1 is 1.22 bits per heavy atom. The van der Waals surface area contributed by atoms with Gasteiger partial charge in [0.15, 0.2) is 6.61 Å². The SMILES string of the molecule is CCN1CCC(=NNC(=O)COc2cc(Cl)c(Cl)cc2Cl)CC1. The number of hydrogen-bond acceptors (Lipinski definition) is 4. The van der Waals surface area contributed by atoms with Crippen molar-refractivity contribution in [1.29, 1.82) is 0 Å². The van der Waals surface area contributed by atoms with Crippen molar-refractivity contribution in [2.24, 2.45) is 5.10 Å². The van der Waals surface area contributed by atoms with E-state index in [9.17, 15) is 4.79 Å². The lowest BCUT2D eigenvalue weighted by atomic mass is 10.1. The molecule has 1 amide bonds. The molecular formula is C15H18Cl3N3O2. The zero-order valence-corrected chi connectivity index (χ0v) is 15.0. The summed E-state index contributed by atoms with van der Waals surface area (Å²) in [6.07, 6.45) is 1.74. The van der Waals surface area contributed by atoms with E-state index in [1.165, 1.54) is 12.1 Å². The third-order valence-corrected chi connectivity index (χ3v) is 4.57. The van der Waals surface area contributed by atoms with Crippen molar-refractivity contribution in [3.63, 3.8) is 0 Å². The summed E-state index contributed by atoms with van der Waals surface area (Å²) in [5, 5.41) is 5.09. The number of likely N-dealkylation sites (tertiary alicyclic amines) is 1. The number of nitrogens with zero attached hydrogens (tertiary/aromatic N) is 2. The summed E-state index contributed by atoms with van der Waals surface area (Å²) < 4.78 is 5.34. The average molecular weight is 379 g/mol. The van der Waals surface area contributed by atoms with E-state index in [4.69, 9.17) is 39.5 Å². The van der Waals surface area contributed by atoms with Gasteiger partial charge in [0.05, 0.1) is 15.1 Å². The van der Waals surface area contributed by atoms with Gasteiger partial charge < -0.3 is 9.64 Å². The van der Waals surface area contributed by atoms with Crippen LogP contribution in [-0.2, 0) is 4.79 Å². The normalized spacial score (nSPS) is 15.4. The molecule has 1 aromatic carbocycles. The van der Waals surface area contributed by atoms with Gasteiger partial charge >= 0.3 is 0 Å². The molecule has 126 valence electrons. The fourth-order valence-electron chi connectivity index (χ4n) is 2.17. The van der Waals surface area contributed by atoms with E-state index >= 15 is 0 Å². The summed E-state index contributed by atoms with van der Waals surface area (Å²) in [7, 11) is 0. The molecule has 5 nitrogen and oxygen atoms in total. The van der Waals surface area contributed by atoms with E-state index in [-0.39, 0.29) is 12.5 Å². The van der Waals surface area contributed by atoms with E-state index in [0.29, 0.717) is 20.8 Å². The van der Waals surface area contributed by atoms with Crippen molar-refractivity contribution < 1.29 is 9.53 Å². The van der Waals surface area contributed by atoms with Crippen LogP contribution in [0.25, 0.3) is 0 Å². The van der Waals surface area contributed by atoms with Crippen LogP contribution in [0.1, 0.15) is 19.8 Å². The Labute approximate surface area is 150 Å². The predicted octanol–water partition coefficient (Wildman–Crippen LogP) is 3.61. The highest BCUT2D eigenvalue weighted by Crippen LogP contribution is 2.33. The maximum atomic E-state index is 11.8. The summed E-state index contributed by atoms with van der Waals surface area (Å²) >= 11 is 17.7. The molecule has 23 heavy (non-hydrogen) atoms. The fourth-order valence-corrected chi connectivity index (χ4v) is 2.76. The first-order valence-corrected chi connectivity index (χ1v) is 8.47. The van der Waals surface area contributed by atoms with Gasteiger partial charge in [-0.1, -0.05) is 41.7 Å². The van der Waals surface area contributed by atoms with Gasteiger partial charge in [-0.15, -0.1) is 0 Å². The Morgan fingerprint density at radius 3 is 2.52 bits per heavy atom. The predicted molar refractivity (Wildman–Crippen MR) is 93.9 cm³/mol. The first kappa shape index (κ1) is 18.3. The lowest BCUT2D eigenvalue weighted by Crippen LogP contribution is -2.35. The molecule has 0 atom stereocenters. The van der Waals surface area contributed by atoms with Gasteiger partial charge in [0.2, 0.25) is 0 Å². The van der Waals surface area contributed by atoms with Gasteiger partial charge in [0, 0.05) is 37.7 Å². The minimum absolute atomic E-state index is 0.199. The van der Waals surface area contributed by atoms with Gasteiger partial charge in [-0.3, -0.25) is 4.79 Å².